The van der Waals surface area contributed by atoms with Crippen LogP contribution in [0.1, 0.15) is 82.7 Å². The smallest absolute Gasteiger partial charge is 0.0641 e. The summed E-state index contributed by atoms with van der Waals surface area (Å²) in [6.45, 7) is 13.0. The molecule has 1 heterocycles. The van der Waals surface area contributed by atoms with E-state index in [0.717, 1.165) is 13.1 Å². The van der Waals surface area contributed by atoms with Gasteiger partial charge in [-0.3, -0.25) is 4.68 Å². The summed E-state index contributed by atoms with van der Waals surface area (Å²) in [6, 6.07) is 0.523. The van der Waals surface area contributed by atoms with Crippen molar-refractivity contribution in [2.75, 3.05) is 0 Å². The highest BCUT2D eigenvalue weighted by Crippen LogP contribution is 2.15. The first-order chi connectivity index (χ1) is 10.1. The molecule has 0 bridgehead atoms. The molecule has 1 aromatic heterocycles. The van der Waals surface area contributed by atoms with Crippen molar-refractivity contribution in [3.63, 3.8) is 0 Å². The standard InChI is InChI=1S/C18H35N3/c1-6-7-8-9-10-11-12-13-21-17(5)18(16(4)20-21)14-19-15(2)3/h15,19H,6-14H2,1-5H3. The van der Waals surface area contributed by atoms with Gasteiger partial charge in [-0.15, -0.1) is 0 Å². The molecule has 1 N–H and O–H groups in total. The fourth-order valence-electron chi connectivity index (χ4n) is 2.73. The number of aryl methyl sites for hydroxylation is 2. The molecular weight excluding hydrogens is 258 g/mol. The minimum absolute atomic E-state index is 0.523. The van der Waals surface area contributed by atoms with E-state index in [-0.39, 0.29) is 0 Å². The van der Waals surface area contributed by atoms with Gasteiger partial charge in [-0.05, 0) is 20.3 Å². The molecule has 0 aliphatic carbocycles. The van der Waals surface area contributed by atoms with E-state index in [4.69, 9.17) is 5.10 Å². The van der Waals surface area contributed by atoms with Gasteiger partial charge < -0.3 is 5.32 Å². The summed E-state index contributed by atoms with van der Waals surface area (Å²) in [5, 5.41) is 8.21. The van der Waals surface area contributed by atoms with E-state index in [1.165, 1.54) is 61.9 Å². The molecule has 1 aromatic rings. The largest absolute Gasteiger partial charge is 0.310 e. The summed E-state index contributed by atoms with van der Waals surface area (Å²) in [6.07, 6.45) is 9.49. The molecule has 3 nitrogen and oxygen atoms in total. The van der Waals surface area contributed by atoms with E-state index < -0.39 is 0 Å². The molecule has 0 saturated heterocycles. The van der Waals surface area contributed by atoms with Crippen molar-refractivity contribution in [1.82, 2.24) is 15.1 Å². The van der Waals surface area contributed by atoms with Gasteiger partial charge in [0, 0.05) is 30.4 Å². The third kappa shape index (κ3) is 6.64. The first-order valence-electron chi connectivity index (χ1n) is 8.82. The Labute approximate surface area is 131 Å². The zero-order valence-corrected chi connectivity index (χ0v) is 14.8. The van der Waals surface area contributed by atoms with Gasteiger partial charge in [-0.25, -0.2) is 0 Å². The maximum absolute atomic E-state index is 4.71. The topological polar surface area (TPSA) is 29.9 Å². The van der Waals surface area contributed by atoms with Crippen LogP contribution >= 0.6 is 0 Å². The average Bonchev–Trinajstić information content (AvgIpc) is 2.70. The van der Waals surface area contributed by atoms with E-state index in [1.54, 1.807) is 0 Å². The summed E-state index contributed by atoms with van der Waals surface area (Å²) in [7, 11) is 0. The zero-order valence-electron chi connectivity index (χ0n) is 14.8. The van der Waals surface area contributed by atoms with Crippen molar-refractivity contribution in [2.24, 2.45) is 0 Å². The highest BCUT2D eigenvalue weighted by atomic mass is 15.3. The maximum atomic E-state index is 4.71. The Morgan fingerprint density at radius 1 is 1.00 bits per heavy atom. The Balaban J connectivity index is 2.33. The maximum Gasteiger partial charge on any atom is 0.0641 e. The predicted molar refractivity (Wildman–Crippen MR) is 91.7 cm³/mol. The van der Waals surface area contributed by atoms with Crippen LogP contribution in [0, 0.1) is 13.8 Å². The predicted octanol–water partition coefficient (Wildman–Crippen LogP) is 4.75. The second-order valence-electron chi connectivity index (χ2n) is 6.53. The van der Waals surface area contributed by atoms with Gasteiger partial charge in [-0.2, -0.15) is 5.10 Å². The minimum atomic E-state index is 0.523. The summed E-state index contributed by atoms with van der Waals surface area (Å²) < 4.78 is 2.21. The van der Waals surface area contributed by atoms with Crippen molar-refractivity contribution in [1.29, 1.82) is 0 Å². The second-order valence-corrected chi connectivity index (χ2v) is 6.53. The van der Waals surface area contributed by atoms with Crippen LogP contribution in [0.2, 0.25) is 0 Å². The van der Waals surface area contributed by atoms with Crippen LogP contribution in [0.3, 0.4) is 0 Å². The van der Waals surface area contributed by atoms with Crippen molar-refractivity contribution >= 4 is 0 Å². The van der Waals surface area contributed by atoms with Crippen LogP contribution in [0.4, 0.5) is 0 Å². The van der Waals surface area contributed by atoms with E-state index in [2.05, 4.69) is 44.6 Å². The second kappa shape index (κ2) is 9.99. The summed E-state index contributed by atoms with van der Waals surface area (Å²) in [5.41, 5.74) is 3.90. The molecule has 0 aliphatic heterocycles. The molecule has 0 aliphatic rings. The fourth-order valence-corrected chi connectivity index (χ4v) is 2.73. The minimum Gasteiger partial charge on any atom is -0.310 e. The number of unbranched alkanes of at least 4 members (excludes halogenated alkanes) is 6. The Kier molecular flexibility index (Phi) is 8.67. The first kappa shape index (κ1) is 18.2. The van der Waals surface area contributed by atoms with Crippen molar-refractivity contribution in [2.45, 2.75) is 98.7 Å². The zero-order chi connectivity index (χ0) is 15.7. The Morgan fingerprint density at radius 3 is 2.24 bits per heavy atom. The van der Waals surface area contributed by atoms with Gasteiger partial charge in [0.25, 0.3) is 0 Å². The Morgan fingerprint density at radius 2 is 1.62 bits per heavy atom. The van der Waals surface area contributed by atoms with Crippen LogP contribution in [-0.4, -0.2) is 15.8 Å². The lowest BCUT2D eigenvalue weighted by molar-refractivity contribution is 0.513. The number of aromatic nitrogens is 2. The first-order valence-corrected chi connectivity index (χ1v) is 8.82. The summed E-state index contributed by atoms with van der Waals surface area (Å²) in [4.78, 5) is 0. The van der Waals surface area contributed by atoms with Gasteiger partial charge in [0.2, 0.25) is 0 Å². The third-order valence-corrected chi connectivity index (χ3v) is 4.19. The highest BCUT2D eigenvalue weighted by molar-refractivity contribution is 5.24. The molecule has 0 unspecified atom stereocenters. The number of rotatable bonds is 11. The van der Waals surface area contributed by atoms with Crippen LogP contribution in [0.25, 0.3) is 0 Å². The van der Waals surface area contributed by atoms with E-state index in [0.29, 0.717) is 6.04 Å². The fraction of sp³-hybridized carbons (Fsp3) is 0.833. The van der Waals surface area contributed by atoms with Gasteiger partial charge in [0.05, 0.1) is 5.69 Å². The number of nitrogens with zero attached hydrogens (tertiary/aromatic N) is 2. The summed E-state index contributed by atoms with van der Waals surface area (Å²) >= 11 is 0. The lowest BCUT2D eigenvalue weighted by Gasteiger charge is -2.09. The highest BCUT2D eigenvalue weighted by Gasteiger charge is 2.11. The quantitative estimate of drug-likeness (QED) is 0.597. The monoisotopic (exact) mass is 293 g/mol. The van der Waals surface area contributed by atoms with Crippen LogP contribution in [-0.2, 0) is 13.1 Å². The molecular formula is C18H35N3. The number of hydrogen-bond acceptors (Lipinski definition) is 2. The van der Waals surface area contributed by atoms with Crippen molar-refractivity contribution in [3.05, 3.63) is 17.0 Å². The lowest BCUT2D eigenvalue weighted by atomic mass is 10.1. The molecule has 0 fully saturated rings. The number of hydrogen-bond donors (Lipinski definition) is 1. The van der Waals surface area contributed by atoms with Crippen molar-refractivity contribution < 1.29 is 0 Å². The van der Waals surface area contributed by atoms with E-state index >= 15 is 0 Å². The molecule has 0 radical (unpaired) electrons. The average molecular weight is 293 g/mol. The van der Waals surface area contributed by atoms with Gasteiger partial charge >= 0.3 is 0 Å². The molecule has 122 valence electrons. The molecule has 21 heavy (non-hydrogen) atoms. The van der Waals surface area contributed by atoms with Gasteiger partial charge in [0.15, 0.2) is 0 Å². The molecule has 0 saturated carbocycles. The van der Waals surface area contributed by atoms with Crippen LogP contribution in [0.15, 0.2) is 0 Å². The molecule has 0 spiro atoms. The SMILES string of the molecule is CCCCCCCCCn1nc(C)c(CNC(C)C)c1C. The Bertz CT molecular complexity index is 393. The normalized spacial score (nSPS) is 11.5. The van der Waals surface area contributed by atoms with E-state index in [1.807, 2.05) is 0 Å². The third-order valence-electron chi connectivity index (χ3n) is 4.19. The molecule has 0 aromatic carbocycles. The van der Waals surface area contributed by atoms with Crippen molar-refractivity contribution in [3.8, 4) is 0 Å². The molecule has 3 heteroatoms. The van der Waals surface area contributed by atoms with Crippen LogP contribution in [0.5, 0.6) is 0 Å². The van der Waals surface area contributed by atoms with E-state index in [9.17, 15) is 0 Å². The van der Waals surface area contributed by atoms with Gasteiger partial charge in [0.1, 0.15) is 0 Å². The van der Waals surface area contributed by atoms with Gasteiger partial charge in [-0.1, -0.05) is 59.3 Å². The Hall–Kier alpha value is -0.830. The number of nitrogens with one attached hydrogen (secondary N) is 1. The molecule has 0 atom stereocenters. The summed E-state index contributed by atoms with van der Waals surface area (Å²) in [5.74, 6) is 0. The molecule has 0 amide bonds. The molecule has 1 rings (SSSR count). The van der Waals surface area contributed by atoms with Crippen LogP contribution < -0.4 is 5.32 Å². The lowest BCUT2D eigenvalue weighted by Crippen LogP contribution is -2.22.